The van der Waals surface area contributed by atoms with E-state index >= 15 is 0 Å². The van der Waals surface area contributed by atoms with Gasteiger partial charge in [-0.15, -0.1) is 10.2 Å². The first-order valence-electron chi connectivity index (χ1n) is 12.4. The number of thioether (sulfide) groups is 1. The molecule has 4 aromatic rings. The second-order valence-corrected chi connectivity index (χ2v) is 11.0. The Bertz CT molecular complexity index is 1470. The molecule has 6 rings (SSSR count). The van der Waals surface area contributed by atoms with Gasteiger partial charge in [-0.2, -0.15) is 0 Å². The van der Waals surface area contributed by atoms with E-state index in [2.05, 4.69) is 22.4 Å². The van der Waals surface area contributed by atoms with Crippen molar-refractivity contribution < 1.29 is 4.79 Å². The molecule has 0 saturated heterocycles. The monoisotopic (exact) mass is 487 g/mol. The largest absolute Gasteiger partial charge is 0.353 e. The molecule has 8 heteroatoms. The van der Waals surface area contributed by atoms with Crippen LogP contribution in [0.2, 0.25) is 0 Å². The van der Waals surface area contributed by atoms with Gasteiger partial charge in [-0.1, -0.05) is 48.0 Å². The second-order valence-electron chi connectivity index (χ2n) is 10.1. The van der Waals surface area contributed by atoms with Crippen LogP contribution in [0.25, 0.3) is 22.4 Å². The highest BCUT2D eigenvalue weighted by atomic mass is 32.2. The van der Waals surface area contributed by atoms with E-state index in [1.54, 1.807) is 4.57 Å². The number of hydrogen-bond donors (Lipinski definition) is 1. The highest BCUT2D eigenvalue weighted by Crippen LogP contribution is 2.49. The van der Waals surface area contributed by atoms with Crippen LogP contribution in [0.15, 0.2) is 58.5 Å². The lowest BCUT2D eigenvalue weighted by atomic mass is 9.84. The van der Waals surface area contributed by atoms with Crippen LogP contribution in [0.1, 0.15) is 38.2 Å². The summed E-state index contributed by atoms with van der Waals surface area (Å²) in [4.78, 5) is 26.3. The molecule has 7 nitrogen and oxygen atoms in total. The highest BCUT2D eigenvalue weighted by molar-refractivity contribution is 7.99. The van der Waals surface area contributed by atoms with Crippen LogP contribution in [-0.2, 0) is 4.79 Å². The molecule has 2 saturated carbocycles. The van der Waals surface area contributed by atoms with E-state index < -0.39 is 0 Å². The number of hydrogen-bond acceptors (Lipinski definition) is 5. The Labute approximate surface area is 207 Å². The number of aromatic nitrogens is 4. The lowest BCUT2D eigenvalue weighted by Crippen LogP contribution is -2.40. The molecule has 4 atom stereocenters. The molecule has 180 valence electrons. The molecule has 1 amide bonds. The van der Waals surface area contributed by atoms with Crippen molar-refractivity contribution in [3.05, 3.63) is 64.4 Å². The third kappa shape index (κ3) is 3.93. The lowest BCUT2D eigenvalue weighted by Gasteiger charge is -2.28. The van der Waals surface area contributed by atoms with Gasteiger partial charge in [0.1, 0.15) is 0 Å². The number of carbonyl (C=O) groups is 1. The quantitative estimate of drug-likeness (QED) is 0.409. The molecule has 35 heavy (non-hydrogen) atoms. The van der Waals surface area contributed by atoms with E-state index in [0.717, 1.165) is 28.6 Å². The van der Waals surface area contributed by atoms with E-state index in [-0.39, 0.29) is 23.3 Å². The molecule has 2 fully saturated rings. The number of fused-ring (bicyclic) bond motifs is 5. The smallest absolute Gasteiger partial charge is 0.267 e. The van der Waals surface area contributed by atoms with Gasteiger partial charge in [0.15, 0.2) is 5.16 Å². The minimum absolute atomic E-state index is 0.0122. The minimum Gasteiger partial charge on any atom is -0.353 e. The molecule has 0 spiro atoms. The third-order valence-corrected chi connectivity index (χ3v) is 8.77. The molecular weight excluding hydrogens is 458 g/mol. The third-order valence-electron chi connectivity index (χ3n) is 7.84. The standard InChI is InChI=1S/C27H29N5O2S/c1-16-7-11-20(12-8-16)31-25(34)21-5-3-4-6-23(21)32-26(31)29-30-27(32)35-15-24(33)28-17(2)22-14-18-9-10-19(22)13-18/h3-8,11-12,17-19,22H,9-10,13-15H2,1-2H3,(H,28,33). The van der Waals surface area contributed by atoms with Crippen LogP contribution in [0.5, 0.6) is 0 Å². The summed E-state index contributed by atoms with van der Waals surface area (Å²) in [5.74, 6) is 2.94. The number of nitrogens with zero attached hydrogens (tertiary/aromatic N) is 4. The maximum atomic E-state index is 13.4. The topological polar surface area (TPSA) is 81.3 Å². The van der Waals surface area contributed by atoms with Crippen LogP contribution in [0, 0.1) is 24.7 Å². The summed E-state index contributed by atoms with van der Waals surface area (Å²) in [6.45, 7) is 4.16. The summed E-state index contributed by atoms with van der Waals surface area (Å²) in [6, 6.07) is 15.4. The van der Waals surface area contributed by atoms with Crippen LogP contribution in [0.4, 0.5) is 0 Å². The highest BCUT2D eigenvalue weighted by Gasteiger charge is 2.42. The van der Waals surface area contributed by atoms with E-state index in [1.807, 2.05) is 59.9 Å². The molecule has 1 N–H and O–H groups in total. The van der Waals surface area contributed by atoms with Crippen molar-refractivity contribution in [1.82, 2.24) is 24.5 Å². The maximum absolute atomic E-state index is 13.4. The molecule has 2 bridgehead atoms. The van der Waals surface area contributed by atoms with Gasteiger partial charge >= 0.3 is 0 Å². The van der Waals surface area contributed by atoms with Gasteiger partial charge < -0.3 is 5.32 Å². The molecule has 2 aromatic heterocycles. The Morgan fingerprint density at radius 1 is 1.11 bits per heavy atom. The van der Waals surface area contributed by atoms with Crippen LogP contribution in [0.3, 0.4) is 0 Å². The Balaban J connectivity index is 1.30. The summed E-state index contributed by atoms with van der Waals surface area (Å²) in [7, 11) is 0. The summed E-state index contributed by atoms with van der Waals surface area (Å²) < 4.78 is 3.48. The Kier molecular flexibility index (Phi) is 5.63. The first kappa shape index (κ1) is 22.3. The van der Waals surface area contributed by atoms with E-state index in [4.69, 9.17) is 0 Å². The Hall–Kier alpha value is -3.13. The van der Waals surface area contributed by atoms with Crippen LogP contribution < -0.4 is 10.9 Å². The molecule has 2 aliphatic rings. The average molecular weight is 488 g/mol. The lowest BCUT2D eigenvalue weighted by molar-refractivity contribution is -0.119. The van der Waals surface area contributed by atoms with Gasteiger partial charge in [0.25, 0.3) is 5.56 Å². The second kappa shape index (κ2) is 8.82. The molecule has 2 aromatic carbocycles. The molecule has 4 unspecified atom stereocenters. The number of para-hydroxylation sites is 1. The summed E-state index contributed by atoms with van der Waals surface area (Å²) in [5.41, 5.74) is 2.44. The van der Waals surface area contributed by atoms with Gasteiger partial charge in [0.05, 0.1) is 22.3 Å². The minimum atomic E-state index is -0.140. The van der Waals surface area contributed by atoms with Gasteiger partial charge in [-0.3, -0.25) is 14.0 Å². The summed E-state index contributed by atoms with van der Waals surface area (Å²) in [6.07, 6.45) is 5.25. The number of aryl methyl sites for hydroxylation is 1. The van der Waals surface area contributed by atoms with Crippen molar-refractivity contribution in [2.24, 2.45) is 17.8 Å². The zero-order chi connectivity index (χ0) is 24.1. The van der Waals surface area contributed by atoms with Gasteiger partial charge in [-0.25, -0.2) is 4.57 Å². The fourth-order valence-electron chi connectivity index (χ4n) is 6.14. The molecule has 0 radical (unpaired) electrons. The number of rotatable bonds is 6. The zero-order valence-electron chi connectivity index (χ0n) is 20.0. The first-order chi connectivity index (χ1) is 17.0. The summed E-state index contributed by atoms with van der Waals surface area (Å²) in [5, 5.41) is 13.2. The zero-order valence-corrected chi connectivity index (χ0v) is 20.8. The maximum Gasteiger partial charge on any atom is 0.267 e. The number of amides is 1. The van der Waals surface area contributed by atoms with Crippen molar-refractivity contribution in [3.63, 3.8) is 0 Å². The molecule has 2 aliphatic carbocycles. The Morgan fingerprint density at radius 3 is 2.66 bits per heavy atom. The molecular formula is C27H29N5O2S. The van der Waals surface area contributed by atoms with Crippen molar-refractivity contribution in [2.45, 2.75) is 50.7 Å². The number of carbonyl (C=O) groups excluding carboxylic acids is 1. The SMILES string of the molecule is Cc1ccc(-n2c(=O)c3ccccc3n3c(SCC(=O)NC(C)C4CC5CCC4C5)nnc23)cc1. The van der Waals surface area contributed by atoms with Crippen molar-refractivity contribution in [3.8, 4) is 5.69 Å². The van der Waals surface area contributed by atoms with Gasteiger partial charge in [0, 0.05) is 6.04 Å². The fraction of sp³-hybridized carbons (Fsp3) is 0.407. The van der Waals surface area contributed by atoms with Gasteiger partial charge in [-0.05, 0) is 75.1 Å². The van der Waals surface area contributed by atoms with Gasteiger partial charge in [0.2, 0.25) is 11.7 Å². The average Bonchev–Trinajstić information content (AvgIpc) is 3.60. The van der Waals surface area contributed by atoms with E-state index in [9.17, 15) is 9.59 Å². The normalized spacial score (nSPS) is 22.2. The van der Waals surface area contributed by atoms with Crippen LogP contribution in [-0.4, -0.2) is 36.9 Å². The van der Waals surface area contributed by atoms with Crippen LogP contribution >= 0.6 is 11.8 Å². The molecule has 2 heterocycles. The fourth-order valence-corrected chi connectivity index (χ4v) is 6.89. The van der Waals surface area contributed by atoms with Crippen molar-refractivity contribution in [1.29, 1.82) is 0 Å². The van der Waals surface area contributed by atoms with Crippen molar-refractivity contribution >= 4 is 34.3 Å². The Morgan fingerprint density at radius 2 is 1.91 bits per heavy atom. The summed E-state index contributed by atoms with van der Waals surface area (Å²) >= 11 is 1.35. The first-order valence-corrected chi connectivity index (χ1v) is 13.4. The number of benzene rings is 2. The predicted molar refractivity (Wildman–Crippen MR) is 138 cm³/mol. The molecule has 0 aliphatic heterocycles. The van der Waals surface area contributed by atoms with E-state index in [0.29, 0.717) is 22.2 Å². The number of nitrogens with one attached hydrogen (secondary N) is 1. The predicted octanol–water partition coefficient (Wildman–Crippen LogP) is 4.37. The van der Waals surface area contributed by atoms with E-state index in [1.165, 1.54) is 37.4 Å². The van der Waals surface area contributed by atoms with Crippen molar-refractivity contribution in [2.75, 3.05) is 5.75 Å².